The summed E-state index contributed by atoms with van der Waals surface area (Å²) in [5.74, 6) is 1.19. The highest BCUT2D eigenvalue weighted by molar-refractivity contribution is 6.09. The molecule has 0 N–H and O–H groups in total. The van der Waals surface area contributed by atoms with E-state index in [1.54, 1.807) is 0 Å². The quantitative estimate of drug-likeness (QED) is 0.242. The van der Waals surface area contributed by atoms with Gasteiger partial charge in [-0.1, -0.05) is 25.0 Å². The number of anilines is 1. The van der Waals surface area contributed by atoms with Gasteiger partial charge in [0, 0.05) is 73.8 Å². The first-order valence-electron chi connectivity index (χ1n) is 15.6. The summed E-state index contributed by atoms with van der Waals surface area (Å²) in [4.78, 5) is 36.4. The molecule has 1 fully saturated rings. The van der Waals surface area contributed by atoms with Gasteiger partial charge in [0.15, 0.2) is 11.6 Å². The second kappa shape index (κ2) is 12.7. The Balaban J connectivity index is 1.43. The highest BCUT2D eigenvalue weighted by Crippen LogP contribution is 2.32. The zero-order valence-electron chi connectivity index (χ0n) is 26.1. The molecular formula is C35H45N5O2. The topological polar surface area (TPSA) is 71.3 Å². The lowest BCUT2D eigenvalue weighted by Crippen LogP contribution is -2.49. The Morgan fingerprint density at radius 2 is 1.71 bits per heavy atom. The molecule has 2 aromatic heterocycles. The minimum Gasteiger partial charge on any atom is -0.354 e. The summed E-state index contributed by atoms with van der Waals surface area (Å²) >= 11 is 0. The molecule has 42 heavy (non-hydrogen) atoms. The number of benzene rings is 1. The highest BCUT2D eigenvalue weighted by Gasteiger charge is 2.23. The molecule has 5 rings (SSSR count). The maximum Gasteiger partial charge on any atom is 0.163 e. The molecule has 0 atom stereocenters. The van der Waals surface area contributed by atoms with E-state index >= 15 is 0 Å². The van der Waals surface area contributed by atoms with Crippen LogP contribution < -0.4 is 4.90 Å². The van der Waals surface area contributed by atoms with Crippen LogP contribution in [0.5, 0.6) is 0 Å². The summed E-state index contributed by atoms with van der Waals surface area (Å²) in [7, 11) is 0. The van der Waals surface area contributed by atoms with Crippen LogP contribution in [-0.4, -0.2) is 63.5 Å². The number of ketones is 2. The molecule has 2 aliphatic rings. The summed E-state index contributed by atoms with van der Waals surface area (Å²) in [6.45, 7) is 16.9. The standard InChI is InChI=1S/C35H45N5O2/c1-7-8-26-17-25(6)18-34(42)29(26)10-11-33(41)30-19-28(20-32-31(30)22-37-40(32)24(4)5)27-9-12-35(36-21-27)39-15-13-38(14-16-39)23(2)3/h9,12,17,19-24H,7-8,10-11,13-16,18H2,1-6H3. The number of fused-ring (bicyclic) bond motifs is 1. The SMILES string of the molecule is CCCC1=C(CCC(=O)c2cc(-c3ccc(N4CCN(C(C)C)CC4)nc3)cc3c2cnn3C(C)C)C(=O)CC(C)=C1. The summed E-state index contributed by atoms with van der Waals surface area (Å²) in [5, 5.41) is 5.50. The maximum absolute atomic E-state index is 13.8. The molecule has 0 amide bonds. The number of carbonyl (C=O) groups is 2. The zero-order valence-corrected chi connectivity index (χ0v) is 26.1. The van der Waals surface area contributed by atoms with Gasteiger partial charge in [0.1, 0.15) is 5.82 Å². The van der Waals surface area contributed by atoms with Crippen LogP contribution in [0.25, 0.3) is 22.0 Å². The third-order valence-corrected chi connectivity index (χ3v) is 8.66. The predicted molar refractivity (Wildman–Crippen MR) is 171 cm³/mol. The minimum absolute atomic E-state index is 0.0418. The molecule has 1 aromatic carbocycles. The van der Waals surface area contributed by atoms with Crippen molar-refractivity contribution in [3.05, 3.63) is 65.0 Å². The maximum atomic E-state index is 13.8. The van der Waals surface area contributed by atoms with Gasteiger partial charge in [-0.3, -0.25) is 19.2 Å². The fourth-order valence-corrected chi connectivity index (χ4v) is 6.31. The number of carbonyl (C=O) groups excluding carboxylic acids is 2. The molecule has 7 nitrogen and oxygen atoms in total. The van der Waals surface area contributed by atoms with E-state index in [4.69, 9.17) is 4.98 Å². The van der Waals surface area contributed by atoms with E-state index in [0.29, 0.717) is 30.9 Å². The number of rotatable bonds is 10. The molecule has 3 heterocycles. The van der Waals surface area contributed by atoms with Gasteiger partial charge in [-0.25, -0.2) is 4.98 Å². The second-order valence-electron chi connectivity index (χ2n) is 12.4. The molecule has 222 valence electrons. The number of aromatic nitrogens is 3. The minimum atomic E-state index is 0.0418. The van der Waals surface area contributed by atoms with Crippen molar-refractivity contribution in [3.8, 4) is 11.1 Å². The average molecular weight is 568 g/mol. The third-order valence-electron chi connectivity index (χ3n) is 8.66. The molecule has 1 aliphatic heterocycles. The summed E-state index contributed by atoms with van der Waals surface area (Å²) in [6.07, 6.45) is 8.95. The molecule has 0 bridgehead atoms. The van der Waals surface area contributed by atoms with E-state index in [0.717, 1.165) is 83.6 Å². The molecule has 0 spiro atoms. The van der Waals surface area contributed by atoms with Crippen LogP contribution in [0.15, 0.2) is 59.5 Å². The van der Waals surface area contributed by atoms with Gasteiger partial charge >= 0.3 is 0 Å². The highest BCUT2D eigenvalue weighted by atomic mass is 16.1. The van der Waals surface area contributed by atoms with Crippen molar-refractivity contribution in [1.82, 2.24) is 19.7 Å². The van der Waals surface area contributed by atoms with E-state index in [-0.39, 0.29) is 17.6 Å². The first-order valence-corrected chi connectivity index (χ1v) is 15.6. The van der Waals surface area contributed by atoms with Crippen LogP contribution in [0.4, 0.5) is 5.82 Å². The normalized spacial score (nSPS) is 16.7. The number of hydrogen-bond donors (Lipinski definition) is 0. The number of piperazine rings is 1. The number of nitrogens with zero attached hydrogens (tertiary/aromatic N) is 5. The van der Waals surface area contributed by atoms with Crippen LogP contribution in [-0.2, 0) is 4.79 Å². The monoisotopic (exact) mass is 567 g/mol. The van der Waals surface area contributed by atoms with Crippen molar-refractivity contribution in [3.63, 3.8) is 0 Å². The van der Waals surface area contributed by atoms with E-state index in [2.05, 4.69) is 73.8 Å². The fourth-order valence-electron chi connectivity index (χ4n) is 6.31. The number of pyridine rings is 1. The van der Waals surface area contributed by atoms with E-state index in [9.17, 15) is 9.59 Å². The van der Waals surface area contributed by atoms with Crippen LogP contribution in [0.3, 0.4) is 0 Å². The van der Waals surface area contributed by atoms with Gasteiger partial charge < -0.3 is 4.90 Å². The smallest absolute Gasteiger partial charge is 0.163 e. The van der Waals surface area contributed by atoms with Crippen LogP contribution in [0.1, 0.15) is 90.0 Å². The molecule has 0 unspecified atom stereocenters. The number of Topliss-reactive ketones (excluding diaryl/α,β-unsaturated/α-hetero) is 2. The van der Waals surface area contributed by atoms with Crippen molar-refractivity contribution in [2.24, 2.45) is 0 Å². The van der Waals surface area contributed by atoms with Crippen molar-refractivity contribution in [2.45, 2.75) is 85.7 Å². The lowest BCUT2D eigenvalue weighted by atomic mass is 9.86. The van der Waals surface area contributed by atoms with Crippen LogP contribution in [0, 0.1) is 0 Å². The Morgan fingerprint density at radius 1 is 0.952 bits per heavy atom. The third kappa shape index (κ3) is 6.26. The second-order valence-corrected chi connectivity index (χ2v) is 12.4. The Bertz CT molecular complexity index is 1520. The van der Waals surface area contributed by atoms with Gasteiger partial charge in [-0.2, -0.15) is 5.10 Å². The lowest BCUT2D eigenvalue weighted by Gasteiger charge is -2.37. The summed E-state index contributed by atoms with van der Waals surface area (Å²) in [6, 6.07) is 9.04. The van der Waals surface area contributed by atoms with Gasteiger partial charge in [0.05, 0.1) is 11.7 Å². The Labute approximate surface area is 250 Å². The first-order chi connectivity index (χ1) is 20.2. The summed E-state index contributed by atoms with van der Waals surface area (Å²) in [5.41, 5.74) is 6.57. The van der Waals surface area contributed by atoms with Crippen LogP contribution in [0.2, 0.25) is 0 Å². The van der Waals surface area contributed by atoms with Crippen molar-refractivity contribution in [1.29, 1.82) is 0 Å². The molecule has 1 saturated heterocycles. The molecule has 0 saturated carbocycles. The van der Waals surface area contributed by atoms with Crippen molar-refractivity contribution < 1.29 is 9.59 Å². The van der Waals surface area contributed by atoms with E-state index in [1.807, 2.05) is 30.1 Å². The Hall–Kier alpha value is -3.58. The van der Waals surface area contributed by atoms with Crippen molar-refractivity contribution >= 4 is 28.3 Å². The molecule has 3 aromatic rings. The zero-order chi connectivity index (χ0) is 30.0. The predicted octanol–water partition coefficient (Wildman–Crippen LogP) is 7.19. The Morgan fingerprint density at radius 3 is 2.36 bits per heavy atom. The van der Waals surface area contributed by atoms with Gasteiger partial charge in [0.2, 0.25) is 0 Å². The van der Waals surface area contributed by atoms with Gasteiger partial charge in [-0.15, -0.1) is 0 Å². The lowest BCUT2D eigenvalue weighted by molar-refractivity contribution is -0.115. The average Bonchev–Trinajstić information content (AvgIpc) is 3.41. The molecule has 0 radical (unpaired) electrons. The Kier molecular flexibility index (Phi) is 9.07. The van der Waals surface area contributed by atoms with Gasteiger partial charge in [-0.05, 0) is 88.4 Å². The van der Waals surface area contributed by atoms with Crippen LogP contribution >= 0.6 is 0 Å². The van der Waals surface area contributed by atoms with E-state index < -0.39 is 0 Å². The largest absolute Gasteiger partial charge is 0.354 e. The summed E-state index contributed by atoms with van der Waals surface area (Å²) < 4.78 is 1.98. The van der Waals surface area contributed by atoms with Crippen molar-refractivity contribution in [2.75, 3.05) is 31.1 Å². The number of allylic oxidation sites excluding steroid dienone is 4. The fraction of sp³-hybridized carbons (Fsp3) is 0.486. The van der Waals surface area contributed by atoms with E-state index in [1.165, 1.54) is 0 Å². The van der Waals surface area contributed by atoms with Gasteiger partial charge in [0.25, 0.3) is 0 Å². The molecule has 7 heteroatoms. The number of hydrogen-bond acceptors (Lipinski definition) is 6. The molecular weight excluding hydrogens is 522 g/mol. The first kappa shape index (κ1) is 29.9. The molecule has 1 aliphatic carbocycles.